The fourth-order valence-corrected chi connectivity index (χ4v) is 5.93. The number of nitrogens with one attached hydrogen (secondary N) is 1. The lowest BCUT2D eigenvalue weighted by Gasteiger charge is -2.20. The van der Waals surface area contributed by atoms with E-state index < -0.39 is 19.5 Å². The number of carbonyl (C=O) groups excluding carboxylic acids is 2. The van der Waals surface area contributed by atoms with Crippen LogP contribution in [0.4, 0.5) is 8.63 Å². The molecule has 1 aromatic rings. The summed E-state index contributed by atoms with van der Waals surface area (Å²) in [7, 11) is -2.64. The van der Waals surface area contributed by atoms with Gasteiger partial charge >= 0.3 is 13.4 Å². The number of rotatable bonds is 27. The Morgan fingerprint density at radius 1 is 0.959 bits per heavy atom. The molecule has 0 radical (unpaired) electrons. The molecule has 1 aromatic heterocycles. The van der Waals surface area contributed by atoms with E-state index in [1.807, 2.05) is 6.08 Å². The number of nitrogens with zero attached hydrogens (tertiary/aromatic N) is 2. The normalized spacial score (nSPS) is 14.8. The molecule has 11 heteroatoms. The summed E-state index contributed by atoms with van der Waals surface area (Å²) in [4.78, 5) is 29.0. The third-order valence-electron chi connectivity index (χ3n) is 8.83. The molecule has 0 spiro atoms. The number of carbonyl (C=O) groups is 2. The molecule has 0 unspecified atom stereocenters. The van der Waals surface area contributed by atoms with E-state index in [9.17, 15) is 28.4 Å². The fourth-order valence-electron chi connectivity index (χ4n) is 5.93. The third-order valence-corrected chi connectivity index (χ3v) is 8.83. The highest BCUT2D eigenvalue weighted by Crippen LogP contribution is 2.23. The smallest absolute Gasteiger partial charge is 0.466 e. The maximum Gasteiger partial charge on any atom is 0.677 e. The van der Waals surface area contributed by atoms with Gasteiger partial charge in [0.25, 0.3) is 0 Å². The summed E-state index contributed by atoms with van der Waals surface area (Å²) in [6.07, 6.45) is 25.5. The molecule has 0 saturated carbocycles. The summed E-state index contributed by atoms with van der Waals surface area (Å²) in [5.41, 5.74) is 2.88. The maximum atomic E-state index is 13.5. The number of hydrogen-bond donors (Lipinski definition) is 3. The standard InChI is InChI=1S/C38H60BF2N3O5/c1-4-5-6-7-8-9-10-11-12-13-14-15-17-20-36(46)34(29-45)43-37(47)21-18-16-19-26-49-38(48)25-24-32-22-23-33(42-32)28-35-30(2)27-31(3)44(35)39(40)41/h17,20,22-23,27-28,34,36,45-46H,4-16,18-19,21,24-26,29H2,1-3H3,(H,43,47)/b20-17+,33-28-/t34-,36+/m0/s1. The SMILES string of the molecule is CCCCCCCCCCCCC/C=C/[C@@H](O)[C@H](CO)NC(=O)CCCCCOC(=O)CCC1=N/C(=C\c2c(C)cc(C)n2B(F)F)C=C1. The number of hydrogen-bond acceptors (Lipinski definition) is 6. The van der Waals surface area contributed by atoms with E-state index in [0.717, 1.165) is 22.9 Å². The number of esters is 1. The Bertz CT molecular complexity index is 1240. The molecule has 0 aliphatic carbocycles. The lowest BCUT2D eigenvalue weighted by atomic mass is 10.0. The summed E-state index contributed by atoms with van der Waals surface area (Å²) >= 11 is 0. The van der Waals surface area contributed by atoms with Crippen LogP contribution in [-0.4, -0.2) is 65.0 Å². The summed E-state index contributed by atoms with van der Waals surface area (Å²) in [5, 5.41) is 22.8. The second-order valence-electron chi connectivity index (χ2n) is 13.1. The number of allylic oxidation sites excluding steroid dienone is 3. The van der Waals surface area contributed by atoms with Crippen molar-refractivity contribution in [2.75, 3.05) is 13.2 Å². The van der Waals surface area contributed by atoms with Gasteiger partial charge in [0.15, 0.2) is 0 Å². The van der Waals surface area contributed by atoms with Crippen molar-refractivity contribution in [1.29, 1.82) is 0 Å². The molecule has 0 saturated heterocycles. The van der Waals surface area contributed by atoms with Crippen LogP contribution in [0.5, 0.6) is 0 Å². The molecule has 2 rings (SSSR count). The molecule has 0 fully saturated rings. The second kappa shape index (κ2) is 25.0. The monoisotopic (exact) mass is 687 g/mol. The van der Waals surface area contributed by atoms with Crippen molar-refractivity contribution in [2.45, 2.75) is 148 Å². The topological polar surface area (TPSA) is 113 Å². The minimum absolute atomic E-state index is 0.156. The molecule has 0 aromatic carbocycles. The number of aliphatic imine (C=N–C) groups is 1. The van der Waals surface area contributed by atoms with Gasteiger partial charge in [-0.25, -0.2) is 0 Å². The van der Waals surface area contributed by atoms with Crippen LogP contribution in [0.2, 0.25) is 0 Å². The van der Waals surface area contributed by atoms with E-state index in [1.165, 1.54) is 64.2 Å². The van der Waals surface area contributed by atoms with Crippen molar-refractivity contribution in [3.8, 4) is 0 Å². The van der Waals surface area contributed by atoms with E-state index in [2.05, 4.69) is 17.2 Å². The zero-order valence-corrected chi connectivity index (χ0v) is 30.1. The Kier molecular flexibility index (Phi) is 21.5. The molecule has 49 heavy (non-hydrogen) atoms. The van der Waals surface area contributed by atoms with Gasteiger partial charge in [-0.05, 0) is 75.8 Å². The largest absolute Gasteiger partial charge is 0.677 e. The van der Waals surface area contributed by atoms with Gasteiger partial charge in [-0.3, -0.25) is 23.2 Å². The molecule has 3 N–H and O–H groups in total. The Morgan fingerprint density at radius 3 is 2.27 bits per heavy atom. The van der Waals surface area contributed by atoms with Gasteiger partial charge in [0.1, 0.15) is 0 Å². The van der Waals surface area contributed by atoms with Gasteiger partial charge < -0.3 is 24.7 Å². The molecule has 274 valence electrons. The van der Waals surface area contributed by atoms with Crippen LogP contribution in [-0.2, 0) is 14.3 Å². The van der Waals surface area contributed by atoms with Crippen LogP contribution in [0.25, 0.3) is 6.08 Å². The molecule has 1 amide bonds. The molecular formula is C38H60BF2N3O5. The summed E-state index contributed by atoms with van der Waals surface area (Å²) in [6.45, 7) is 5.57. The number of halogens is 2. The summed E-state index contributed by atoms with van der Waals surface area (Å²) in [6, 6.07) is 0.968. The second-order valence-corrected chi connectivity index (χ2v) is 13.1. The van der Waals surface area contributed by atoms with Crippen molar-refractivity contribution in [3.05, 3.63) is 53.0 Å². The summed E-state index contributed by atoms with van der Waals surface area (Å²) in [5.74, 6) is -0.582. The molecule has 1 aliphatic heterocycles. The highest BCUT2D eigenvalue weighted by molar-refractivity contribution is 6.41. The van der Waals surface area contributed by atoms with Crippen LogP contribution >= 0.6 is 0 Å². The van der Waals surface area contributed by atoms with Crippen LogP contribution in [0.3, 0.4) is 0 Å². The molecule has 2 heterocycles. The van der Waals surface area contributed by atoms with E-state index >= 15 is 0 Å². The Hall–Kier alpha value is -3.05. The maximum absolute atomic E-state index is 13.5. The van der Waals surface area contributed by atoms with Crippen LogP contribution < -0.4 is 5.32 Å². The van der Waals surface area contributed by atoms with Gasteiger partial charge in [0.2, 0.25) is 5.91 Å². The highest BCUT2D eigenvalue weighted by atomic mass is 19.2. The van der Waals surface area contributed by atoms with Gasteiger partial charge in [-0.15, -0.1) is 0 Å². The number of aliphatic hydroxyl groups is 2. The molecule has 2 atom stereocenters. The lowest BCUT2D eigenvalue weighted by molar-refractivity contribution is -0.143. The average Bonchev–Trinajstić information content (AvgIpc) is 3.64. The van der Waals surface area contributed by atoms with Crippen molar-refractivity contribution in [3.63, 3.8) is 0 Å². The van der Waals surface area contributed by atoms with E-state index in [0.29, 0.717) is 48.5 Å². The van der Waals surface area contributed by atoms with Crippen LogP contribution in [0.15, 0.2) is 41.1 Å². The molecule has 1 aliphatic rings. The van der Waals surface area contributed by atoms with Crippen molar-refractivity contribution >= 4 is 31.1 Å². The van der Waals surface area contributed by atoms with Crippen molar-refractivity contribution in [2.24, 2.45) is 4.99 Å². The van der Waals surface area contributed by atoms with Crippen molar-refractivity contribution < 1.29 is 33.2 Å². The first-order chi connectivity index (χ1) is 23.7. The van der Waals surface area contributed by atoms with Crippen molar-refractivity contribution in [1.82, 2.24) is 9.79 Å². The van der Waals surface area contributed by atoms with E-state index in [1.54, 1.807) is 44.2 Å². The lowest BCUT2D eigenvalue weighted by Crippen LogP contribution is -2.45. The zero-order valence-electron chi connectivity index (χ0n) is 30.1. The molecule has 8 nitrogen and oxygen atoms in total. The average molecular weight is 688 g/mol. The minimum Gasteiger partial charge on any atom is -0.466 e. The number of aromatic nitrogens is 1. The molecule has 0 bridgehead atoms. The predicted molar refractivity (Wildman–Crippen MR) is 196 cm³/mol. The van der Waals surface area contributed by atoms with Crippen LogP contribution in [0, 0.1) is 13.8 Å². The number of unbranched alkanes of at least 4 members (excludes halogenated alkanes) is 13. The van der Waals surface area contributed by atoms with E-state index in [-0.39, 0.29) is 37.9 Å². The van der Waals surface area contributed by atoms with Gasteiger partial charge in [0, 0.05) is 29.9 Å². The van der Waals surface area contributed by atoms with Crippen LogP contribution in [0.1, 0.15) is 139 Å². The third kappa shape index (κ3) is 17.4. The summed E-state index contributed by atoms with van der Waals surface area (Å²) < 4.78 is 33.2. The van der Waals surface area contributed by atoms with E-state index in [4.69, 9.17) is 4.74 Å². The minimum atomic E-state index is -2.64. The first-order valence-corrected chi connectivity index (χ1v) is 18.5. The number of aliphatic hydroxyl groups excluding tert-OH is 2. The Balaban J connectivity index is 1.52. The molecular weight excluding hydrogens is 627 g/mol. The first kappa shape index (κ1) is 42.1. The van der Waals surface area contributed by atoms with Gasteiger partial charge in [0.05, 0.1) is 37.5 Å². The number of amides is 1. The first-order valence-electron chi connectivity index (χ1n) is 18.5. The highest BCUT2D eigenvalue weighted by Gasteiger charge is 2.23. The van der Waals surface area contributed by atoms with Gasteiger partial charge in [-0.1, -0.05) is 83.3 Å². The number of ether oxygens (including phenoxy) is 1. The van der Waals surface area contributed by atoms with Gasteiger partial charge in [-0.2, -0.15) is 0 Å². The Labute approximate surface area is 293 Å². The number of aryl methyl sites for hydroxylation is 2. The Morgan fingerprint density at radius 2 is 1.61 bits per heavy atom. The quantitative estimate of drug-likeness (QED) is 0.0374. The predicted octanol–water partition coefficient (Wildman–Crippen LogP) is 8.21. The zero-order chi connectivity index (χ0) is 35.9. The fraction of sp³-hybridized carbons (Fsp3) is 0.658.